The lowest BCUT2D eigenvalue weighted by atomic mass is 9.91. The summed E-state index contributed by atoms with van der Waals surface area (Å²) in [5.41, 5.74) is 12.1. The first-order valence-corrected chi connectivity index (χ1v) is 13.9. The highest BCUT2D eigenvalue weighted by Gasteiger charge is 2.29. The number of nitrogens with zero attached hydrogens (tertiary/aromatic N) is 2. The minimum atomic E-state index is -0.160. The van der Waals surface area contributed by atoms with Crippen LogP contribution in [0.2, 0.25) is 0 Å². The number of para-hydroxylation sites is 3. The number of rotatable bonds is 5. The van der Waals surface area contributed by atoms with Crippen LogP contribution in [0.1, 0.15) is 36.7 Å². The fourth-order valence-electron chi connectivity index (χ4n) is 6.25. The van der Waals surface area contributed by atoms with Crippen LogP contribution in [0.5, 0.6) is 0 Å². The fourth-order valence-corrected chi connectivity index (χ4v) is 6.25. The van der Waals surface area contributed by atoms with E-state index in [9.17, 15) is 0 Å². The average molecular weight is 506 g/mol. The molecule has 5 aromatic carbocycles. The summed E-state index contributed by atoms with van der Waals surface area (Å²) in [6.07, 6.45) is 1.78. The monoisotopic (exact) mass is 505 g/mol. The highest BCUT2D eigenvalue weighted by molar-refractivity contribution is 6.14. The molecule has 0 saturated carbocycles. The summed E-state index contributed by atoms with van der Waals surface area (Å²) < 4.78 is 2.50. The summed E-state index contributed by atoms with van der Waals surface area (Å²) in [6, 6.07) is 41.2. The quantitative estimate of drug-likeness (QED) is 0.248. The molecule has 39 heavy (non-hydrogen) atoms. The molecule has 0 amide bonds. The lowest BCUT2D eigenvalue weighted by molar-refractivity contribution is 0.755. The van der Waals surface area contributed by atoms with E-state index in [-0.39, 0.29) is 6.17 Å². The molecule has 0 spiro atoms. The van der Waals surface area contributed by atoms with Crippen LogP contribution >= 0.6 is 0 Å². The topological polar surface area (TPSA) is 29.3 Å². The van der Waals surface area contributed by atoms with Gasteiger partial charge in [0.2, 0.25) is 0 Å². The predicted molar refractivity (Wildman–Crippen MR) is 165 cm³/mol. The van der Waals surface area contributed by atoms with Gasteiger partial charge in [-0.2, -0.15) is 0 Å². The van der Waals surface area contributed by atoms with Gasteiger partial charge >= 0.3 is 0 Å². The molecule has 0 saturated heterocycles. The maximum Gasteiger partial charge on any atom is 0.148 e. The van der Waals surface area contributed by atoms with Crippen molar-refractivity contribution < 1.29 is 0 Å². The van der Waals surface area contributed by atoms with Crippen molar-refractivity contribution in [3.05, 3.63) is 132 Å². The van der Waals surface area contributed by atoms with Gasteiger partial charge in [-0.3, -0.25) is 0 Å². The number of aryl methyl sites for hydroxylation is 2. The Kier molecular flexibility index (Phi) is 5.78. The van der Waals surface area contributed by atoms with Crippen LogP contribution < -0.4 is 5.32 Å². The van der Waals surface area contributed by atoms with Crippen LogP contribution in [0.25, 0.3) is 32.9 Å². The Morgan fingerprint density at radius 2 is 1.41 bits per heavy atom. The third-order valence-electron chi connectivity index (χ3n) is 8.04. The lowest BCUT2D eigenvalue weighted by Gasteiger charge is -2.30. The van der Waals surface area contributed by atoms with Gasteiger partial charge in [-0.15, -0.1) is 0 Å². The van der Waals surface area contributed by atoms with Crippen molar-refractivity contribution in [3.63, 3.8) is 0 Å². The summed E-state index contributed by atoms with van der Waals surface area (Å²) in [6.45, 7) is 4.52. The molecule has 1 unspecified atom stereocenters. The summed E-state index contributed by atoms with van der Waals surface area (Å²) in [5, 5.41) is 6.45. The minimum absolute atomic E-state index is 0.160. The molecule has 0 fully saturated rings. The molecule has 6 aromatic rings. The van der Waals surface area contributed by atoms with Gasteiger partial charge in [0.15, 0.2) is 0 Å². The van der Waals surface area contributed by atoms with E-state index in [1.54, 1.807) is 0 Å². The lowest BCUT2D eigenvalue weighted by Crippen LogP contribution is -2.30. The van der Waals surface area contributed by atoms with E-state index >= 15 is 0 Å². The Labute approximate surface area is 229 Å². The maximum atomic E-state index is 5.26. The molecule has 2 heterocycles. The average Bonchev–Trinajstić information content (AvgIpc) is 3.34. The molecule has 1 aliphatic heterocycles. The van der Waals surface area contributed by atoms with E-state index in [1.807, 2.05) is 0 Å². The summed E-state index contributed by atoms with van der Waals surface area (Å²) in [4.78, 5) is 5.26. The third kappa shape index (κ3) is 3.77. The maximum absolute atomic E-state index is 5.26. The summed E-state index contributed by atoms with van der Waals surface area (Å²) in [5.74, 6) is 0. The fraction of sp³-hybridized carbons (Fsp3) is 0.139. The molecule has 1 aliphatic rings. The second kappa shape index (κ2) is 9.59. The molecule has 3 nitrogen and oxygen atoms in total. The second-order valence-corrected chi connectivity index (χ2v) is 10.2. The summed E-state index contributed by atoms with van der Waals surface area (Å²) in [7, 11) is 0. The molecular weight excluding hydrogens is 474 g/mol. The Morgan fingerprint density at radius 3 is 2.26 bits per heavy atom. The van der Waals surface area contributed by atoms with E-state index in [4.69, 9.17) is 4.99 Å². The first kappa shape index (κ1) is 23.5. The standard InChI is InChI=1S/C36H31N3/c1-3-24-14-8-9-17-27(24)28-22-23-30-29-18-10-13-21-33(29)39(35(30)26(28)4-2)36-34(25-15-6-5-7-16-25)37-31-19-11-12-20-32(31)38-36/h5-23,36,38H,3-4H2,1-2H3. The molecule has 0 radical (unpaired) electrons. The zero-order valence-electron chi connectivity index (χ0n) is 22.4. The second-order valence-electron chi connectivity index (χ2n) is 10.2. The normalized spacial score (nSPS) is 14.7. The molecule has 1 aromatic heterocycles. The van der Waals surface area contributed by atoms with Gasteiger partial charge in [-0.05, 0) is 53.3 Å². The van der Waals surface area contributed by atoms with Gasteiger partial charge in [-0.25, -0.2) is 4.99 Å². The zero-order valence-corrected chi connectivity index (χ0v) is 22.4. The Bertz CT molecular complexity index is 1860. The van der Waals surface area contributed by atoms with E-state index in [1.165, 1.54) is 44.1 Å². The SMILES string of the molecule is CCc1ccccc1-c1ccc2c3ccccc3n(C3Nc4ccccc4N=C3c3ccccc3)c2c1CC. The van der Waals surface area contributed by atoms with Gasteiger partial charge in [0.1, 0.15) is 6.17 Å². The molecular formula is C36H31N3. The molecule has 3 heteroatoms. The van der Waals surface area contributed by atoms with Gasteiger partial charge in [0.25, 0.3) is 0 Å². The third-order valence-corrected chi connectivity index (χ3v) is 8.04. The van der Waals surface area contributed by atoms with Gasteiger partial charge in [0.05, 0.1) is 28.1 Å². The minimum Gasteiger partial charge on any atom is -0.358 e. The van der Waals surface area contributed by atoms with Crippen molar-refractivity contribution in [3.8, 4) is 11.1 Å². The van der Waals surface area contributed by atoms with Crippen molar-refractivity contribution in [1.29, 1.82) is 0 Å². The highest BCUT2D eigenvalue weighted by Crippen LogP contribution is 2.42. The number of nitrogens with one attached hydrogen (secondary N) is 1. The Morgan fingerprint density at radius 1 is 0.667 bits per heavy atom. The highest BCUT2D eigenvalue weighted by atomic mass is 15.2. The number of aromatic nitrogens is 1. The molecule has 190 valence electrons. The number of benzene rings is 5. The molecule has 1 N–H and O–H groups in total. The number of anilines is 1. The Hall–Kier alpha value is -4.63. The van der Waals surface area contributed by atoms with Gasteiger partial charge < -0.3 is 9.88 Å². The van der Waals surface area contributed by atoms with E-state index in [0.29, 0.717) is 0 Å². The first-order chi connectivity index (χ1) is 19.3. The van der Waals surface area contributed by atoms with E-state index in [2.05, 4.69) is 139 Å². The number of aliphatic imine (C=N–C) groups is 1. The molecule has 7 rings (SSSR count). The molecule has 0 aliphatic carbocycles. The molecule has 1 atom stereocenters. The first-order valence-electron chi connectivity index (χ1n) is 13.9. The van der Waals surface area contributed by atoms with E-state index in [0.717, 1.165) is 35.5 Å². The van der Waals surface area contributed by atoms with Crippen LogP contribution in [-0.4, -0.2) is 10.3 Å². The largest absolute Gasteiger partial charge is 0.358 e. The van der Waals surface area contributed by atoms with Crippen molar-refractivity contribution in [2.75, 3.05) is 5.32 Å². The van der Waals surface area contributed by atoms with Crippen LogP contribution in [0, 0.1) is 0 Å². The smallest absolute Gasteiger partial charge is 0.148 e. The van der Waals surface area contributed by atoms with Gasteiger partial charge in [0, 0.05) is 16.3 Å². The van der Waals surface area contributed by atoms with Crippen LogP contribution in [0.4, 0.5) is 11.4 Å². The molecule has 0 bridgehead atoms. The van der Waals surface area contributed by atoms with Crippen molar-refractivity contribution in [2.24, 2.45) is 4.99 Å². The van der Waals surface area contributed by atoms with Crippen LogP contribution in [0.15, 0.2) is 120 Å². The zero-order chi connectivity index (χ0) is 26.3. The van der Waals surface area contributed by atoms with Crippen LogP contribution in [0.3, 0.4) is 0 Å². The number of hydrogen-bond donors (Lipinski definition) is 1. The number of fused-ring (bicyclic) bond motifs is 4. The van der Waals surface area contributed by atoms with Crippen molar-refractivity contribution in [1.82, 2.24) is 4.57 Å². The Balaban J connectivity index is 1.57. The van der Waals surface area contributed by atoms with Crippen molar-refractivity contribution in [2.45, 2.75) is 32.9 Å². The van der Waals surface area contributed by atoms with Gasteiger partial charge in [-0.1, -0.05) is 111 Å². The predicted octanol–water partition coefficient (Wildman–Crippen LogP) is 9.33. The van der Waals surface area contributed by atoms with Crippen LogP contribution in [-0.2, 0) is 12.8 Å². The number of hydrogen-bond acceptors (Lipinski definition) is 2. The summed E-state index contributed by atoms with van der Waals surface area (Å²) >= 11 is 0. The van der Waals surface area contributed by atoms with Crippen molar-refractivity contribution >= 4 is 38.9 Å². The van der Waals surface area contributed by atoms with E-state index < -0.39 is 0 Å².